The third-order valence-corrected chi connectivity index (χ3v) is 1.31. The zero-order valence-electron chi connectivity index (χ0n) is 7.82. The highest BCUT2D eigenvalue weighted by Crippen LogP contribution is 1.91. The molecule has 0 saturated heterocycles. The summed E-state index contributed by atoms with van der Waals surface area (Å²) in [6.45, 7) is 0.830. The molecule has 0 aromatic heterocycles. The van der Waals surface area contributed by atoms with E-state index in [1.165, 1.54) is 0 Å². The van der Waals surface area contributed by atoms with Crippen molar-refractivity contribution in [3.63, 3.8) is 0 Å². The summed E-state index contributed by atoms with van der Waals surface area (Å²) in [5.74, 6) is 0. The Bertz CT molecular complexity index is 132. The van der Waals surface area contributed by atoms with Crippen LogP contribution in [0.4, 0.5) is 0 Å². The highest BCUT2D eigenvalue weighted by atomic mass is 16.6. The maximum Gasteiger partial charge on any atom is 0.106 e. The highest BCUT2D eigenvalue weighted by Gasteiger charge is 1.80. The van der Waals surface area contributed by atoms with Crippen LogP contribution in [0.1, 0.15) is 19.3 Å². The lowest BCUT2D eigenvalue weighted by atomic mass is 10.3. The van der Waals surface area contributed by atoms with E-state index in [1.54, 1.807) is 20.4 Å². The summed E-state index contributed by atoms with van der Waals surface area (Å²) in [4.78, 5) is 4.50. The monoisotopic (exact) mass is 171 g/mol. The van der Waals surface area contributed by atoms with Crippen molar-refractivity contribution in [2.24, 2.45) is 5.16 Å². The van der Waals surface area contributed by atoms with Crippen LogP contribution in [-0.2, 0) is 9.57 Å². The van der Waals surface area contributed by atoms with E-state index in [2.05, 4.69) is 22.1 Å². The topological polar surface area (TPSA) is 30.8 Å². The first-order chi connectivity index (χ1) is 5.91. The molecule has 0 aliphatic rings. The third kappa shape index (κ3) is 9.17. The van der Waals surface area contributed by atoms with Gasteiger partial charge in [-0.2, -0.15) is 0 Å². The number of oxime groups is 1. The van der Waals surface area contributed by atoms with Crippen LogP contribution in [0.15, 0.2) is 17.3 Å². The molecule has 3 nitrogen and oxygen atoms in total. The van der Waals surface area contributed by atoms with E-state index in [9.17, 15) is 0 Å². The van der Waals surface area contributed by atoms with Crippen LogP contribution >= 0.6 is 0 Å². The first kappa shape index (κ1) is 11.2. The van der Waals surface area contributed by atoms with Gasteiger partial charge in [0.2, 0.25) is 0 Å². The minimum absolute atomic E-state index is 0.830. The predicted octanol–water partition coefficient (Wildman–Crippen LogP) is 1.99. The molecule has 0 N–H and O–H groups in total. The molecule has 12 heavy (non-hydrogen) atoms. The molecule has 0 heterocycles. The summed E-state index contributed by atoms with van der Waals surface area (Å²) in [6, 6.07) is 0. The van der Waals surface area contributed by atoms with Gasteiger partial charge < -0.3 is 9.57 Å². The molecule has 0 spiro atoms. The second-order valence-corrected chi connectivity index (χ2v) is 2.31. The van der Waals surface area contributed by atoms with Crippen molar-refractivity contribution in [3.05, 3.63) is 12.2 Å². The fourth-order valence-electron chi connectivity index (χ4n) is 0.738. The van der Waals surface area contributed by atoms with Gasteiger partial charge in [-0.15, -0.1) is 0 Å². The Morgan fingerprint density at radius 1 is 1.25 bits per heavy atom. The second-order valence-electron chi connectivity index (χ2n) is 2.31. The number of unbranched alkanes of at least 4 members (excludes halogenated alkanes) is 1. The molecule has 3 heteroatoms. The Hall–Kier alpha value is -0.830. The quantitative estimate of drug-likeness (QED) is 0.254. The molecule has 0 amide bonds. The van der Waals surface area contributed by atoms with E-state index < -0.39 is 0 Å². The molecule has 0 rings (SSSR count). The van der Waals surface area contributed by atoms with E-state index >= 15 is 0 Å². The van der Waals surface area contributed by atoms with Crippen LogP contribution in [-0.4, -0.2) is 27.0 Å². The second kappa shape index (κ2) is 10.2. The molecule has 0 atom stereocenters. The lowest BCUT2D eigenvalue weighted by molar-refractivity contribution is 0.196. The molecular weight excluding hydrogens is 154 g/mol. The van der Waals surface area contributed by atoms with Gasteiger partial charge in [0.1, 0.15) is 7.11 Å². The van der Waals surface area contributed by atoms with E-state index in [1.807, 2.05) is 0 Å². The van der Waals surface area contributed by atoms with Crippen molar-refractivity contribution in [3.8, 4) is 0 Å². The lowest BCUT2D eigenvalue weighted by Crippen LogP contribution is -1.85. The van der Waals surface area contributed by atoms with Crippen LogP contribution in [0, 0.1) is 0 Å². The van der Waals surface area contributed by atoms with Crippen LogP contribution in [0.5, 0.6) is 0 Å². The number of rotatable bonds is 7. The number of ether oxygens (including phenoxy) is 1. The van der Waals surface area contributed by atoms with E-state index in [-0.39, 0.29) is 0 Å². The van der Waals surface area contributed by atoms with Gasteiger partial charge in [-0.3, -0.25) is 0 Å². The van der Waals surface area contributed by atoms with Crippen molar-refractivity contribution in [1.29, 1.82) is 0 Å². The lowest BCUT2D eigenvalue weighted by Gasteiger charge is -1.92. The number of hydrogen-bond donors (Lipinski definition) is 0. The van der Waals surface area contributed by atoms with Crippen molar-refractivity contribution in [1.82, 2.24) is 0 Å². The van der Waals surface area contributed by atoms with Gasteiger partial charge in [0.15, 0.2) is 0 Å². The molecule has 0 radical (unpaired) electrons. The van der Waals surface area contributed by atoms with Crippen molar-refractivity contribution >= 4 is 6.21 Å². The molecule has 0 fully saturated rings. The molecular formula is C9H17NO2. The largest absolute Gasteiger partial charge is 0.399 e. The molecule has 0 saturated carbocycles. The maximum absolute atomic E-state index is 4.91. The highest BCUT2D eigenvalue weighted by molar-refractivity contribution is 5.58. The Kier molecular flexibility index (Phi) is 9.47. The Morgan fingerprint density at radius 2 is 2.08 bits per heavy atom. The molecule has 0 unspecified atom stereocenters. The van der Waals surface area contributed by atoms with Gasteiger partial charge >= 0.3 is 0 Å². The fourth-order valence-corrected chi connectivity index (χ4v) is 0.738. The fraction of sp³-hybridized carbons (Fsp3) is 0.667. The van der Waals surface area contributed by atoms with Gasteiger partial charge in [-0.05, 0) is 12.8 Å². The summed E-state index contributed by atoms with van der Waals surface area (Å²) in [5.41, 5.74) is 0. The van der Waals surface area contributed by atoms with E-state index in [0.717, 1.165) is 25.9 Å². The zero-order valence-corrected chi connectivity index (χ0v) is 7.82. The van der Waals surface area contributed by atoms with Crippen molar-refractivity contribution in [2.45, 2.75) is 19.3 Å². The zero-order chi connectivity index (χ0) is 9.07. The van der Waals surface area contributed by atoms with Gasteiger partial charge in [-0.1, -0.05) is 17.3 Å². The molecule has 0 aliphatic heterocycles. The van der Waals surface area contributed by atoms with E-state index in [4.69, 9.17) is 4.74 Å². The minimum Gasteiger partial charge on any atom is -0.399 e. The molecule has 70 valence electrons. The Morgan fingerprint density at radius 3 is 2.75 bits per heavy atom. The predicted molar refractivity (Wildman–Crippen MR) is 50.4 cm³/mol. The SMILES string of the molecule is COCCC/C=C/C/C=N/OC. The van der Waals surface area contributed by atoms with Gasteiger partial charge in [0, 0.05) is 26.4 Å². The first-order valence-electron chi connectivity index (χ1n) is 4.10. The number of hydrogen-bond acceptors (Lipinski definition) is 3. The molecule has 0 aromatic carbocycles. The Labute approximate surface area is 74.0 Å². The first-order valence-corrected chi connectivity index (χ1v) is 4.10. The summed E-state index contributed by atoms with van der Waals surface area (Å²) in [6.07, 6.45) is 8.90. The minimum atomic E-state index is 0.830. The van der Waals surface area contributed by atoms with Crippen LogP contribution < -0.4 is 0 Å². The van der Waals surface area contributed by atoms with Crippen molar-refractivity contribution in [2.75, 3.05) is 20.8 Å². The van der Waals surface area contributed by atoms with Crippen LogP contribution in [0.2, 0.25) is 0 Å². The molecule has 0 aliphatic carbocycles. The molecule has 0 bridgehead atoms. The maximum atomic E-state index is 4.91. The third-order valence-electron chi connectivity index (χ3n) is 1.31. The number of allylic oxidation sites excluding steroid dienone is 2. The Balaban J connectivity index is 3.08. The van der Waals surface area contributed by atoms with E-state index in [0.29, 0.717) is 0 Å². The number of nitrogens with zero attached hydrogens (tertiary/aromatic N) is 1. The summed E-state index contributed by atoms with van der Waals surface area (Å²) in [5, 5.41) is 3.60. The number of methoxy groups -OCH3 is 1. The van der Waals surface area contributed by atoms with Crippen LogP contribution in [0.25, 0.3) is 0 Å². The average Bonchev–Trinajstić information content (AvgIpc) is 2.10. The molecule has 0 aromatic rings. The summed E-state index contributed by atoms with van der Waals surface area (Å²) >= 11 is 0. The van der Waals surface area contributed by atoms with Gasteiger partial charge in [0.25, 0.3) is 0 Å². The van der Waals surface area contributed by atoms with Crippen LogP contribution in [0.3, 0.4) is 0 Å². The van der Waals surface area contributed by atoms with Gasteiger partial charge in [-0.25, -0.2) is 0 Å². The standard InChI is InChI=1S/C9H17NO2/c1-11-9-7-5-3-4-6-8-10-12-2/h3-4,8H,5-7,9H2,1-2H3/b4-3+,10-8+. The summed E-state index contributed by atoms with van der Waals surface area (Å²) in [7, 11) is 3.26. The average molecular weight is 171 g/mol. The van der Waals surface area contributed by atoms with Crippen molar-refractivity contribution < 1.29 is 9.57 Å². The summed E-state index contributed by atoms with van der Waals surface area (Å²) < 4.78 is 4.91. The van der Waals surface area contributed by atoms with Gasteiger partial charge in [0.05, 0.1) is 0 Å². The smallest absolute Gasteiger partial charge is 0.106 e. The normalized spacial score (nSPS) is 11.5.